The lowest BCUT2D eigenvalue weighted by Crippen LogP contribution is -2.33. The summed E-state index contributed by atoms with van der Waals surface area (Å²) < 4.78 is 38.3. The van der Waals surface area contributed by atoms with Gasteiger partial charge in [0, 0.05) is 18.8 Å². The first-order chi connectivity index (χ1) is 9.29. The highest BCUT2D eigenvalue weighted by atomic mass is 19.4. The molecule has 7 heteroatoms. The Morgan fingerprint density at radius 3 is 2.70 bits per heavy atom. The molecule has 0 aliphatic carbocycles. The standard InChI is InChI=1S/C13H15F3N2O2/c1-8-10(13(14,15)16)3-2-4-11(8)17-12(20)18-6-5-9(19)7-18/h2-4,9,19H,5-7H2,1H3,(H,17,20). The first-order valence-electron chi connectivity index (χ1n) is 6.20. The molecule has 0 radical (unpaired) electrons. The fraction of sp³-hybridized carbons (Fsp3) is 0.462. The Labute approximate surface area is 114 Å². The Hall–Kier alpha value is -1.76. The van der Waals surface area contributed by atoms with Crippen molar-refractivity contribution in [3.8, 4) is 0 Å². The molecule has 0 saturated carbocycles. The zero-order valence-electron chi connectivity index (χ0n) is 10.9. The molecular weight excluding hydrogens is 273 g/mol. The molecule has 1 aliphatic heterocycles. The number of benzene rings is 1. The predicted octanol–water partition coefficient (Wildman–Crippen LogP) is 2.61. The maximum Gasteiger partial charge on any atom is 0.416 e. The van der Waals surface area contributed by atoms with Gasteiger partial charge in [-0.25, -0.2) is 4.79 Å². The van der Waals surface area contributed by atoms with E-state index >= 15 is 0 Å². The van der Waals surface area contributed by atoms with Crippen LogP contribution in [0, 0.1) is 6.92 Å². The van der Waals surface area contributed by atoms with Crippen LogP contribution in [0.5, 0.6) is 0 Å². The number of β-amino-alcohol motifs (C(OH)–C–C–N with tert-alkyl or cyclic N) is 1. The van der Waals surface area contributed by atoms with Crippen LogP contribution < -0.4 is 5.32 Å². The van der Waals surface area contributed by atoms with Gasteiger partial charge in [-0.1, -0.05) is 6.07 Å². The summed E-state index contributed by atoms with van der Waals surface area (Å²) >= 11 is 0. The quantitative estimate of drug-likeness (QED) is 0.834. The molecule has 1 fully saturated rings. The Kier molecular flexibility index (Phi) is 3.89. The number of aliphatic hydroxyl groups excluding tert-OH is 1. The van der Waals surface area contributed by atoms with Crippen molar-refractivity contribution >= 4 is 11.7 Å². The van der Waals surface area contributed by atoms with Gasteiger partial charge in [0.15, 0.2) is 0 Å². The summed E-state index contributed by atoms with van der Waals surface area (Å²) in [7, 11) is 0. The van der Waals surface area contributed by atoms with Crippen molar-refractivity contribution in [3.05, 3.63) is 29.3 Å². The number of hydrogen-bond acceptors (Lipinski definition) is 2. The van der Waals surface area contributed by atoms with Gasteiger partial charge in [0.1, 0.15) is 0 Å². The molecule has 0 spiro atoms. The van der Waals surface area contributed by atoms with E-state index in [0.29, 0.717) is 13.0 Å². The summed E-state index contributed by atoms with van der Waals surface area (Å²) in [6.07, 6.45) is -4.53. The Bertz CT molecular complexity index is 517. The van der Waals surface area contributed by atoms with Gasteiger partial charge in [0.2, 0.25) is 0 Å². The van der Waals surface area contributed by atoms with Crippen LogP contribution in [0.15, 0.2) is 18.2 Å². The second kappa shape index (κ2) is 5.32. The van der Waals surface area contributed by atoms with Crippen LogP contribution >= 0.6 is 0 Å². The van der Waals surface area contributed by atoms with Gasteiger partial charge in [-0.05, 0) is 31.0 Å². The monoisotopic (exact) mass is 288 g/mol. The third-order valence-corrected chi connectivity index (χ3v) is 3.33. The third kappa shape index (κ3) is 3.04. The Morgan fingerprint density at radius 2 is 2.15 bits per heavy atom. The minimum atomic E-state index is -4.45. The van der Waals surface area contributed by atoms with Gasteiger partial charge < -0.3 is 15.3 Å². The van der Waals surface area contributed by atoms with Gasteiger partial charge in [0.05, 0.1) is 11.7 Å². The van der Waals surface area contributed by atoms with Crippen LogP contribution in [-0.4, -0.2) is 35.2 Å². The number of aliphatic hydroxyl groups is 1. The molecule has 0 aromatic heterocycles. The molecule has 1 heterocycles. The molecule has 0 bridgehead atoms. The average Bonchev–Trinajstić information content (AvgIpc) is 2.77. The number of amides is 2. The molecule has 1 unspecified atom stereocenters. The second-order valence-electron chi connectivity index (χ2n) is 4.79. The number of halogens is 3. The number of hydrogen-bond donors (Lipinski definition) is 2. The molecule has 2 amide bonds. The highest BCUT2D eigenvalue weighted by Gasteiger charge is 2.33. The van der Waals surface area contributed by atoms with Crippen molar-refractivity contribution in [3.63, 3.8) is 0 Å². The topological polar surface area (TPSA) is 52.6 Å². The van der Waals surface area contributed by atoms with Crippen molar-refractivity contribution in [2.24, 2.45) is 0 Å². The van der Waals surface area contributed by atoms with Crippen LogP contribution in [-0.2, 0) is 6.18 Å². The number of carbonyl (C=O) groups excluding carboxylic acids is 1. The van der Waals surface area contributed by atoms with Crippen molar-refractivity contribution in [1.82, 2.24) is 4.90 Å². The molecule has 110 valence electrons. The Balaban J connectivity index is 2.16. The van der Waals surface area contributed by atoms with Gasteiger partial charge in [0.25, 0.3) is 0 Å². The summed E-state index contributed by atoms with van der Waals surface area (Å²) in [6, 6.07) is 3.16. The zero-order valence-corrected chi connectivity index (χ0v) is 10.9. The number of nitrogens with one attached hydrogen (secondary N) is 1. The number of rotatable bonds is 1. The van der Waals surface area contributed by atoms with Crippen molar-refractivity contribution < 1.29 is 23.1 Å². The van der Waals surface area contributed by atoms with Crippen LogP contribution in [0.4, 0.5) is 23.7 Å². The minimum absolute atomic E-state index is 0.0203. The third-order valence-electron chi connectivity index (χ3n) is 3.33. The van der Waals surface area contributed by atoms with Gasteiger partial charge in [-0.2, -0.15) is 13.2 Å². The number of nitrogens with zero attached hydrogens (tertiary/aromatic N) is 1. The molecule has 2 rings (SSSR count). The molecule has 20 heavy (non-hydrogen) atoms. The van der Waals surface area contributed by atoms with E-state index < -0.39 is 23.9 Å². The highest BCUT2D eigenvalue weighted by Crippen LogP contribution is 2.34. The maximum absolute atomic E-state index is 12.8. The number of urea groups is 1. The van der Waals surface area contributed by atoms with E-state index in [0.717, 1.165) is 6.07 Å². The summed E-state index contributed by atoms with van der Waals surface area (Å²) in [5, 5.41) is 11.8. The predicted molar refractivity (Wildman–Crippen MR) is 67.4 cm³/mol. The normalized spacial score (nSPS) is 19.2. The fourth-order valence-corrected chi connectivity index (χ4v) is 2.20. The smallest absolute Gasteiger partial charge is 0.391 e. The van der Waals surface area contributed by atoms with Gasteiger partial charge >= 0.3 is 12.2 Å². The second-order valence-corrected chi connectivity index (χ2v) is 4.79. The van der Waals surface area contributed by atoms with Crippen molar-refractivity contribution in [2.75, 3.05) is 18.4 Å². The van der Waals surface area contributed by atoms with Gasteiger partial charge in [-0.15, -0.1) is 0 Å². The Morgan fingerprint density at radius 1 is 1.45 bits per heavy atom. The molecule has 2 N–H and O–H groups in total. The summed E-state index contributed by atoms with van der Waals surface area (Å²) in [4.78, 5) is 13.3. The first-order valence-corrected chi connectivity index (χ1v) is 6.20. The zero-order chi connectivity index (χ0) is 14.9. The average molecular weight is 288 g/mol. The van der Waals surface area contributed by atoms with E-state index in [9.17, 15) is 23.1 Å². The SMILES string of the molecule is Cc1c(NC(=O)N2CCC(O)C2)cccc1C(F)(F)F. The van der Waals surface area contributed by atoms with E-state index in [4.69, 9.17) is 0 Å². The van der Waals surface area contributed by atoms with Crippen LogP contribution in [0.2, 0.25) is 0 Å². The number of anilines is 1. The van der Waals surface area contributed by atoms with Crippen molar-refractivity contribution in [2.45, 2.75) is 25.6 Å². The van der Waals surface area contributed by atoms with E-state index in [1.54, 1.807) is 0 Å². The molecule has 1 atom stereocenters. The lowest BCUT2D eigenvalue weighted by atomic mass is 10.1. The molecular formula is C13H15F3N2O2. The molecule has 1 aromatic carbocycles. The first kappa shape index (κ1) is 14.6. The van der Waals surface area contributed by atoms with Gasteiger partial charge in [-0.3, -0.25) is 0 Å². The molecule has 1 aromatic rings. The van der Waals surface area contributed by atoms with Crippen LogP contribution in [0.3, 0.4) is 0 Å². The van der Waals surface area contributed by atoms with Crippen molar-refractivity contribution in [1.29, 1.82) is 0 Å². The number of likely N-dealkylation sites (tertiary alicyclic amines) is 1. The van der Waals surface area contributed by atoms with E-state index in [1.807, 2.05) is 0 Å². The van der Waals surface area contributed by atoms with Crippen LogP contribution in [0.25, 0.3) is 0 Å². The minimum Gasteiger partial charge on any atom is -0.391 e. The summed E-state index contributed by atoms with van der Waals surface area (Å²) in [5.41, 5.74) is -0.656. The highest BCUT2D eigenvalue weighted by molar-refractivity contribution is 5.90. The van der Waals surface area contributed by atoms with E-state index in [2.05, 4.69) is 5.32 Å². The summed E-state index contributed by atoms with van der Waals surface area (Å²) in [5.74, 6) is 0. The summed E-state index contributed by atoms with van der Waals surface area (Å²) in [6.45, 7) is 1.91. The molecule has 1 saturated heterocycles. The van der Waals surface area contributed by atoms with Crippen LogP contribution in [0.1, 0.15) is 17.5 Å². The van der Waals surface area contributed by atoms with E-state index in [-0.39, 0.29) is 17.8 Å². The fourth-order valence-electron chi connectivity index (χ4n) is 2.20. The largest absolute Gasteiger partial charge is 0.416 e. The maximum atomic E-state index is 12.8. The van der Waals surface area contributed by atoms with E-state index in [1.165, 1.54) is 24.0 Å². The number of alkyl halides is 3. The number of carbonyl (C=O) groups is 1. The lowest BCUT2D eigenvalue weighted by molar-refractivity contribution is -0.138. The molecule has 4 nitrogen and oxygen atoms in total. The molecule has 1 aliphatic rings. The lowest BCUT2D eigenvalue weighted by Gasteiger charge is -2.19.